The number of hydrogen-bond acceptors (Lipinski definition) is 5. The highest BCUT2D eigenvalue weighted by Gasteiger charge is 2.34. The average Bonchev–Trinajstić information content (AvgIpc) is 3.02. The van der Waals surface area contributed by atoms with Crippen LogP contribution >= 0.6 is 11.3 Å². The Labute approximate surface area is 148 Å². The molecule has 1 aromatic carbocycles. The molecule has 0 aliphatic carbocycles. The van der Waals surface area contributed by atoms with Crippen molar-refractivity contribution in [2.45, 2.75) is 18.8 Å². The first-order valence-electron chi connectivity index (χ1n) is 7.46. The van der Waals surface area contributed by atoms with Crippen LogP contribution in [0, 0.1) is 0 Å². The maximum absolute atomic E-state index is 14.4. The smallest absolute Gasteiger partial charge is 0.282 e. The fourth-order valence-electron chi connectivity index (χ4n) is 2.29. The molecule has 1 N–H and O–H groups in total. The molecule has 25 heavy (non-hydrogen) atoms. The van der Waals surface area contributed by atoms with E-state index in [4.69, 9.17) is 9.47 Å². The number of methoxy groups -OCH3 is 2. The van der Waals surface area contributed by atoms with Crippen LogP contribution in [0.25, 0.3) is 10.1 Å². The number of benzene rings is 1. The zero-order valence-corrected chi connectivity index (χ0v) is 14.7. The summed E-state index contributed by atoms with van der Waals surface area (Å²) in [4.78, 5) is 11.5. The predicted octanol–water partition coefficient (Wildman–Crippen LogP) is 4.19. The summed E-state index contributed by atoms with van der Waals surface area (Å²) in [5, 5.41) is 10.3. The van der Waals surface area contributed by atoms with Gasteiger partial charge in [0.05, 0.1) is 25.6 Å². The van der Waals surface area contributed by atoms with Gasteiger partial charge in [-0.1, -0.05) is 6.08 Å². The van der Waals surface area contributed by atoms with Crippen molar-refractivity contribution >= 4 is 27.3 Å². The van der Waals surface area contributed by atoms with E-state index in [1.807, 2.05) is 0 Å². The number of carbonyl (C=O) groups excluding carboxylic acids is 1. The number of carbonyl (C=O) groups is 1. The first-order valence-corrected chi connectivity index (χ1v) is 8.28. The monoisotopic (exact) mass is 371 g/mol. The Morgan fingerprint density at radius 2 is 1.96 bits per heavy atom. The van der Waals surface area contributed by atoms with Gasteiger partial charge in [0.15, 0.2) is 11.5 Å². The first-order chi connectivity index (χ1) is 11.8. The molecule has 1 heterocycles. The van der Waals surface area contributed by atoms with Crippen LogP contribution in [0.5, 0.6) is 11.5 Å². The van der Waals surface area contributed by atoms with Gasteiger partial charge in [0.1, 0.15) is 0 Å². The van der Waals surface area contributed by atoms with Gasteiger partial charge in [-0.2, -0.15) is 0 Å². The second-order valence-electron chi connectivity index (χ2n) is 5.32. The van der Waals surface area contributed by atoms with Crippen LogP contribution in [0.1, 0.15) is 17.7 Å². The molecular formula is C17H19F2NO4S. The van der Waals surface area contributed by atoms with Crippen molar-refractivity contribution in [3.8, 4) is 11.5 Å². The molecule has 5 nitrogen and oxygen atoms in total. The quantitative estimate of drug-likeness (QED) is 0.429. The predicted molar refractivity (Wildman–Crippen MR) is 91.8 cm³/mol. The zero-order valence-electron chi connectivity index (χ0n) is 13.9. The number of amides is 1. The van der Waals surface area contributed by atoms with Gasteiger partial charge in [-0.3, -0.25) is 10.0 Å². The molecular weight excluding hydrogens is 352 g/mol. The number of alkyl halides is 2. The van der Waals surface area contributed by atoms with E-state index in [1.54, 1.807) is 12.1 Å². The second kappa shape index (κ2) is 7.79. The highest BCUT2D eigenvalue weighted by molar-refractivity contribution is 7.19. The van der Waals surface area contributed by atoms with Crippen molar-refractivity contribution in [1.82, 2.24) is 5.06 Å². The highest BCUT2D eigenvalue weighted by atomic mass is 32.1. The lowest BCUT2D eigenvalue weighted by molar-refractivity contribution is -0.164. The summed E-state index contributed by atoms with van der Waals surface area (Å²) in [6.07, 6.45) is 0.141. The molecule has 0 saturated heterocycles. The van der Waals surface area contributed by atoms with Crippen LogP contribution in [0.3, 0.4) is 0 Å². The van der Waals surface area contributed by atoms with Crippen molar-refractivity contribution < 1.29 is 28.3 Å². The molecule has 2 aromatic rings. The van der Waals surface area contributed by atoms with Gasteiger partial charge in [0.2, 0.25) is 5.91 Å². The van der Waals surface area contributed by atoms with E-state index >= 15 is 0 Å². The van der Waals surface area contributed by atoms with Crippen molar-refractivity contribution in [2.75, 3.05) is 20.8 Å². The molecule has 0 spiro atoms. The molecule has 0 saturated carbocycles. The maximum Gasteiger partial charge on any atom is 0.282 e. The third kappa shape index (κ3) is 4.26. The van der Waals surface area contributed by atoms with E-state index in [0.717, 1.165) is 11.3 Å². The fourth-order valence-corrected chi connectivity index (χ4v) is 3.36. The number of hydrogen-bond donors (Lipinski definition) is 1. The Kier molecular flexibility index (Phi) is 5.97. The Bertz CT molecular complexity index is 734. The van der Waals surface area contributed by atoms with Gasteiger partial charge >= 0.3 is 0 Å². The minimum absolute atomic E-state index is 0.104. The summed E-state index contributed by atoms with van der Waals surface area (Å²) >= 11 is 0.934. The Hall–Kier alpha value is -2.19. The number of nitrogens with zero attached hydrogens (tertiary/aromatic N) is 1. The first kappa shape index (κ1) is 19.1. The van der Waals surface area contributed by atoms with Gasteiger partial charge < -0.3 is 9.47 Å². The lowest BCUT2D eigenvalue weighted by Crippen LogP contribution is -2.28. The highest BCUT2D eigenvalue weighted by Crippen LogP contribution is 2.43. The van der Waals surface area contributed by atoms with Crippen LogP contribution in [0.2, 0.25) is 0 Å². The van der Waals surface area contributed by atoms with Gasteiger partial charge in [-0.15, -0.1) is 17.9 Å². The molecule has 8 heteroatoms. The van der Waals surface area contributed by atoms with Crippen LogP contribution in [-0.2, 0) is 10.7 Å². The molecule has 0 fully saturated rings. The lowest BCUT2D eigenvalue weighted by Gasteiger charge is -2.16. The molecule has 136 valence electrons. The van der Waals surface area contributed by atoms with Crippen LogP contribution in [0.4, 0.5) is 8.78 Å². The standard InChI is InChI=1S/C17H19F2NO4S/c1-4-7-20(22)16(21)5-6-17(18,19)15-9-11-8-12(23-2)13(24-3)10-14(11)25-15/h4,8-10,22H,1,5-7H2,2-3H3. The molecule has 0 radical (unpaired) electrons. The summed E-state index contributed by atoms with van der Waals surface area (Å²) in [5.41, 5.74) is 0. The molecule has 1 amide bonds. The van der Waals surface area contributed by atoms with E-state index in [1.165, 1.54) is 26.4 Å². The fraction of sp³-hybridized carbons (Fsp3) is 0.353. The topological polar surface area (TPSA) is 59.0 Å². The molecule has 0 atom stereocenters. The Morgan fingerprint density at radius 1 is 1.32 bits per heavy atom. The number of fused-ring (bicyclic) bond motifs is 1. The largest absolute Gasteiger partial charge is 0.493 e. The molecule has 1 aromatic heterocycles. The van der Waals surface area contributed by atoms with Gasteiger partial charge in [-0.05, 0) is 17.5 Å². The van der Waals surface area contributed by atoms with Crippen molar-refractivity contribution in [3.05, 3.63) is 35.7 Å². The summed E-state index contributed by atoms with van der Waals surface area (Å²) in [6, 6.07) is 4.66. The maximum atomic E-state index is 14.4. The second-order valence-corrected chi connectivity index (χ2v) is 6.41. The summed E-state index contributed by atoms with van der Waals surface area (Å²) in [6.45, 7) is 3.27. The Morgan fingerprint density at radius 3 is 2.56 bits per heavy atom. The van der Waals surface area contributed by atoms with Crippen molar-refractivity contribution in [1.29, 1.82) is 0 Å². The summed E-state index contributed by atoms with van der Waals surface area (Å²) in [5.74, 6) is -3.04. The van der Waals surface area contributed by atoms with Crippen LogP contribution < -0.4 is 9.47 Å². The van der Waals surface area contributed by atoms with Crippen LogP contribution in [-0.4, -0.2) is 36.9 Å². The van der Waals surface area contributed by atoms with E-state index in [9.17, 15) is 18.8 Å². The molecule has 0 aliphatic heterocycles. The zero-order chi connectivity index (χ0) is 18.6. The van der Waals surface area contributed by atoms with Gasteiger partial charge in [0.25, 0.3) is 5.92 Å². The number of hydroxylamine groups is 2. The van der Waals surface area contributed by atoms with Crippen LogP contribution in [0.15, 0.2) is 30.9 Å². The third-order valence-corrected chi connectivity index (χ3v) is 4.84. The SMILES string of the molecule is C=CCN(O)C(=O)CCC(F)(F)c1cc2cc(OC)c(OC)cc2s1. The molecule has 0 bridgehead atoms. The number of ether oxygens (including phenoxy) is 2. The molecule has 2 rings (SSSR count). The number of thiophene rings is 1. The normalized spacial score (nSPS) is 11.4. The van der Waals surface area contributed by atoms with E-state index in [2.05, 4.69) is 6.58 Å². The minimum atomic E-state index is -3.19. The molecule has 0 unspecified atom stereocenters. The van der Waals surface area contributed by atoms with E-state index in [0.29, 0.717) is 26.6 Å². The lowest BCUT2D eigenvalue weighted by atomic mass is 10.1. The number of halogens is 2. The minimum Gasteiger partial charge on any atom is -0.493 e. The summed E-state index contributed by atoms with van der Waals surface area (Å²) in [7, 11) is 2.95. The van der Waals surface area contributed by atoms with E-state index in [-0.39, 0.29) is 11.4 Å². The summed E-state index contributed by atoms with van der Waals surface area (Å²) < 4.78 is 39.9. The third-order valence-electron chi connectivity index (χ3n) is 3.63. The van der Waals surface area contributed by atoms with Gasteiger partial charge in [0, 0.05) is 23.6 Å². The van der Waals surface area contributed by atoms with Crippen molar-refractivity contribution in [2.24, 2.45) is 0 Å². The Balaban J connectivity index is 2.21. The van der Waals surface area contributed by atoms with Gasteiger partial charge in [-0.25, -0.2) is 13.8 Å². The van der Waals surface area contributed by atoms with E-state index < -0.39 is 24.7 Å². The number of rotatable bonds is 8. The van der Waals surface area contributed by atoms with Crippen molar-refractivity contribution in [3.63, 3.8) is 0 Å². The average molecular weight is 371 g/mol. The molecule has 0 aliphatic rings.